The smallest absolute Gasteiger partial charge is 0.358 e. The number of furan rings is 1. The molecule has 3 aromatic rings. The van der Waals surface area contributed by atoms with Crippen molar-refractivity contribution >= 4 is 17.8 Å². The Bertz CT molecular complexity index is 996. The standard InChI is InChI=1S/C23H28N4O4/c1-4-13-24-23(29)27(16-18-12-9-14-31-18)21-20(22(28)30-5-2)26(3)19(25-21)15-17-10-7-6-8-11-17/h6-12,14H,4-5,13,15-16H2,1-3H3,(H,24,29). The average Bonchev–Trinajstić information content (AvgIpc) is 3.39. The maximum Gasteiger partial charge on any atom is 0.358 e. The quantitative estimate of drug-likeness (QED) is 0.526. The number of esters is 1. The lowest BCUT2D eigenvalue weighted by atomic mass is 10.1. The van der Waals surface area contributed by atoms with Crippen molar-refractivity contribution in [1.82, 2.24) is 14.9 Å². The van der Waals surface area contributed by atoms with Crippen molar-refractivity contribution in [2.75, 3.05) is 18.1 Å². The first-order chi connectivity index (χ1) is 15.0. The van der Waals surface area contributed by atoms with E-state index in [1.165, 1.54) is 4.90 Å². The van der Waals surface area contributed by atoms with Gasteiger partial charge in [-0.15, -0.1) is 0 Å². The summed E-state index contributed by atoms with van der Waals surface area (Å²) < 4.78 is 12.4. The number of imidazole rings is 1. The molecule has 0 aliphatic heterocycles. The van der Waals surface area contributed by atoms with Crippen LogP contribution in [0.5, 0.6) is 0 Å². The zero-order chi connectivity index (χ0) is 22.2. The van der Waals surface area contributed by atoms with Gasteiger partial charge < -0.3 is 19.0 Å². The highest BCUT2D eigenvalue weighted by Crippen LogP contribution is 2.25. The Morgan fingerprint density at radius 3 is 2.58 bits per heavy atom. The highest BCUT2D eigenvalue weighted by Gasteiger charge is 2.30. The van der Waals surface area contributed by atoms with Gasteiger partial charge in [0.15, 0.2) is 11.5 Å². The molecule has 0 unspecified atom stereocenters. The summed E-state index contributed by atoms with van der Waals surface area (Å²) in [5.74, 6) is 0.949. The molecule has 1 N–H and O–H groups in total. The lowest BCUT2D eigenvalue weighted by Crippen LogP contribution is -2.41. The summed E-state index contributed by atoms with van der Waals surface area (Å²) in [6, 6.07) is 13.0. The molecule has 0 spiro atoms. The molecule has 164 valence electrons. The summed E-state index contributed by atoms with van der Waals surface area (Å²) in [6.07, 6.45) is 2.84. The number of aromatic nitrogens is 2. The summed E-state index contributed by atoms with van der Waals surface area (Å²) >= 11 is 0. The van der Waals surface area contributed by atoms with Crippen LogP contribution in [0.3, 0.4) is 0 Å². The molecule has 0 bridgehead atoms. The van der Waals surface area contributed by atoms with Crippen LogP contribution < -0.4 is 10.2 Å². The van der Waals surface area contributed by atoms with Crippen molar-refractivity contribution in [1.29, 1.82) is 0 Å². The number of amides is 2. The van der Waals surface area contributed by atoms with Crippen LogP contribution in [0.4, 0.5) is 10.6 Å². The summed E-state index contributed by atoms with van der Waals surface area (Å²) in [7, 11) is 1.76. The van der Waals surface area contributed by atoms with E-state index in [0.29, 0.717) is 24.6 Å². The van der Waals surface area contributed by atoms with Crippen LogP contribution in [-0.2, 0) is 24.8 Å². The van der Waals surface area contributed by atoms with Crippen LogP contribution in [0.2, 0.25) is 0 Å². The molecule has 2 aromatic heterocycles. The van der Waals surface area contributed by atoms with Gasteiger partial charge in [-0.1, -0.05) is 37.3 Å². The molecule has 2 heterocycles. The average molecular weight is 425 g/mol. The molecule has 0 atom stereocenters. The molecule has 8 heteroatoms. The number of ether oxygens (including phenoxy) is 1. The molecule has 0 radical (unpaired) electrons. The maximum atomic E-state index is 13.0. The Kier molecular flexibility index (Phi) is 7.48. The summed E-state index contributed by atoms with van der Waals surface area (Å²) in [5.41, 5.74) is 1.27. The fraction of sp³-hybridized carbons (Fsp3) is 0.348. The number of hydrogen-bond acceptors (Lipinski definition) is 5. The van der Waals surface area contributed by atoms with Crippen molar-refractivity contribution in [3.8, 4) is 0 Å². The Balaban J connectivity index is 2.05. The first kappa shape index (κ1) is 22.1. The normalized spacial score (nSPS) is 10.7. The zero-order valence-corrected chi connectivity index (χ0v) is 18.1. The van der Waals surface area contributed by atoms with E-state index in [0.717, 1.165) is 12.0 Å². The summed E-state index contributed by atoms with van der Waals surface area (Å²) in [4.78, 5) is 32.0. The minimum atomic E-state index is -0.528. The van der Waals surface area contributed by atoms with E-state index in [-0.39, 0.29) is 30.7 Å². The van der Waals surface area contributed by atoms with E-state index in [2.05, 4.69) is 5.32 Å². The van der Waals surface area contributed by atoms with Gasteiger partial charge in [-0.2, -0.15) is 0 Å². The number of carbonyl (C=O) groups excluding carboxylic acids is 2. The van der Waals surface area contributed by atoms with Gasteiger partial charge in [0.2, 0.25) is 0 Å². The van der Waals surface area contributed by atoms with Gasteiger partial charge in [0.05, 0.1) is 19.4 Å². The second-order valence-electron chi connectivity index (χ2n) is 7.04. The van der Waals surface area contributed by atoms with E-state index < -0.39 is 5.97 Å². The number of nitrogens with one attached hydrogen (secondary N) is 1. The predicted molar refractivity (Wildman–Crippen MR) is 117 cm³/mol. The van der Waals surface area contributed by atoms with Gasteiger partial charge in [0, 0.05) is 20.0 Å². The number of hydrogen-bond donors (Lipinski definition) is 1. The van der Waals surface area contributed by atoms with Crippen molar-refractivity contribution in [2.24, 2.45) is 7.05 Å². The minimum Gasteiger partial charge on any atom is -0.467 e. The van der Waals surface area contributed by atoms with Crippen LogP contribution in [0.1, 0.15) is 47.9 Å². The SMILES string of the molecule is CCCNC(=O)N(Cc1ccco1)c1nc(Cc2ccccc2)n(C)c1C(=O)OCC. The van der Waals surface area contributed by atoms with Crippen LogP contribution in [-0.4, -0.2) is 34.7 Å². The van der Waals surface area contributed by atoms with E-state index >= 15 is 0 Å². The Morgan fingerprint density at radius 1 is 1.16 bits per heavy atom. The lowest BCUT2D eigenvalue weighted by Gasteiger charge is -2.21. The second-order valence-corrected chi connectivity index (χ2v) is 7.04. The number of urea groups is 1. The molecule has 8 nitrogen and oxygen atoms in total. The summed E-state index contributed by atoms with van der Waals surface area (Å²) in [6.45, 7) is 4.58. The zero-order valence-electron chi connectivity index (χ0n) is 18.1. The molecule has 3 rings (SSSR count). The van der Waals surface area contributed by atoms with Gasteiger partial charge in [-0.25, -0.2) is 14.6 Å². The summed E-state index contributed by atoms with van der Waals surface area (Å²) in [5, 5.41) is 2.86. The number of benzene rings is 1. The molecular formula is C23H28N4O4. The van der Waals surface area contributed by atoms with E-state index in [1.807, 2.05) is 37.3 Å². The van der Waals surface area contributed by atoms with Crippen LogP contribution in [0.25, 0.3) is 0 Å². The monoisotopic (exact) mass is 424 g/mol. The largest absolute Gasteiger partial charge is 0.467 e. The topological polar surface area (TPSA) is 89.6 Å². The molecule has 1 aromatic carbocycles. The molecule has 2 amide bonds. The molecular weight excluding hydrogens is 396 g/mol. The van der Waals surface area contributed by atoms with Crippen molar-refractivity contribution < 1.29 is 18.7 Å². The number of anilines is 1. The lowest BCUT2D eigenvalue weighted by molar-refractivity contribution is 0.0516. The molecule has 0 fully saturated rings. The molecule has 0 saturated carbocycles. The molecule has 0 aliphatic carbocycles. The van der Waals surface area contributed by atoms with Gasteiger partial charge >= 0.3 is 12.0 Å². The number of nitrogens with zero attached hydrogens (tertiary/aromatic N) is 3. The van der Waals surface area contributed by atoms with Crippen molar-refractivity contribution in [3.05, 3.63) is 71.6 Å². The minimum absolute atomic E-state index is 0.136. The second kappa shape index (κ2) is 10.5. The third-order valence-electron chi connectivity index (χ3n) is 4.76. The highest BCUT2D eigenvalue weighted by molar-refractivity contribution is 6.00. The van der Waals surface area contributed by atoms with E-state index in [1.54, 1.807) is 36.9 Å². The fourth-order valence-corrected chi connectivity index (χ4v) is 3.21. The molecule has 31 heavy (non-hydrogen) atoms. The number of carbonyl (C=O) groups is 2. The van der Waals surface area contributed by atoms with Crippen LogP contribution >= 0.6 is 0 Å². The maximum absolute atomic E-state index is 13.0. The predicted octanol–water partition coefficient (Wildman–Crippen LogP) is 3.91. The van der Waals surface area contributed by atoms with Crippen molar-refractivity contribution in [2.45, 2.75) is 33.2 Å². The first-order valence-electron chi connectivity index (χ1n) is 10.4. The van der Waals surface area contributed by atoms with Gasteiger partial charge in [-0.05, 0) is 31.0 Å². The van der Waals surface area contributed by atoms with Crippen molar-refractivity contribution in [3.63, 3.8) is 0 Å². The van der Waals surface area contributed by atoms with Crippen LogP contribution in [0.15, 0.2) is 53.1 Å². The van der Waals surface area contributed by atoms with E-state index in [9.17, 15) is 9.59 Å². The molecule has 0 aliphatic rings. The molecule has 0 saturated heterocycles. The Hall–Kier alpha value is -3.55. The Morgan fingerprint density at radius 2 is 1.94 bits per heavy atom. The van der Waals surface area contributed by atoms with Gasteiger partial charge in [-0.3, -0.25) is 4.90 Å². The van der Waals surface area contributed by atoms with Gasteiger partial charge in [0.1, 0.15) is 11.6 Å². The number of rotatable bonds is 9. The highest BCUT2D eigenvalue weighted by atomic mass is 16.5. The first-order valence-corrected chi connectivity index (χ1v) is 10.4. The van der Waals surface area contributed by atoms with E-state index in [4.69, 9.17) is 14.1 Å². The third kappa shape index (κ3) is 5.33. The Labute approximate surface area is 181 Å². The fourth-order valence-electron chi connectivity index (χ4n) is 3.21. The third-order valence-corrected chi connectivity index (χ3v) is 4.76. The van der Waals surface area contributed by atoms with Crippen LogP contribution in [0, 0.1) is 0 Å². The van der Waals surface area contributed by atoms with Gasteiger partial charge in [0.25, 0.3) is 0 Å².